The molecule has 0 radical (unpaired) electrons. The number of aliphatic carboxylic acids is 1. The molecule has 1 amide bonds. The molecule has 0 saturated heterocycles. The van der Waals surface area contributed by atoms with Gasteiger partial charge in [-0.1, -0.05) is 31.2 Å². The predicted octanol–water partition coefficient (Wildman–Crippen LogP) is 3.44. The number of benzene rings is 2. The normalized spacial score (nSPS) is 11.7. The Bertz CT molecular complexity index is 743. The molecule has 1 atom stereocenters. The van der Waals surface area contributed by atoms with Gasteiger partial charge in [0.15, 0.2) is 0 Å². The van der Waals surface area contributed by atoms with Crippen molar-refractivity contribution < 1.29 is 23.8 Å². The van der Waals surface area contributed by atoms with Crippen molar-refractivity contribution in [2.45, 2.75) is 25.8 Å². The maximum absolute atomic E-state index is 13.0. The lowest BCUT2D eigenvalue weighted by atomic mass is 9.97. The summed E-state index contributed by atoms with van der Waals surface area (Å²) in [5.41, 5.74) is 1.65. The van der Waals surface area contributed by atoms with Crippen LogP contribution < -0.4 is 4.74 Å². The van der Waals surface area contributed by atoms with Crippen LogP contribution in [0.25, 0.3) is 0 Å². The van der Waals surface area contributed by atoms with Gasteiger partial charge in [-0.3, -0.25) is 9.59 Å². The lowest BCUT2D eigenvalue weighted by Gasteiger charge is -2.23. The second-order valence-electron chi connectivity index (χ2n) is 6.15. The number of ether oxygens (including phenoxy) is 1. The van der Waals surface area contributed by atoms with E-state index in [2.05, 4.69) is 0 Å². The third-order valence-corrected chi connectivity index (χ3v) is 4.13. The summed E-state index contributed by atoms with van der Waals surface area (Å²) >= 11 is 0. The van der Waals surface area contributed by atoms with E-state index < -0.39 is 12.5 Å². The van der Waals surface area contributed by atoms with E-state index in [0.29, 0.717) is 5.56 Å². The molecule has 26 heavy (non-hydrogen) atoms. The summed E-state index contributed by atoms with van der Waals surface area (Å²) in [6.45, 7) is 1.64. The number of rotatable bonds is 8. The molecule has 0 aliphatic carbocycles. The molecule has 138 valence electrons. The van der Waals surface area contributed by atoms with Crippen molar-refractivity contribution in [2.75, 3.05) is 13.7 Å². The molecular weight excluding hydrogens is 337 g/mol. The average Bonchev–Trinajstić information content (AvgIpc) is 2.62. The number of nitrogens with zero attached hydrogens (tertiary/aromatic N) is 1. The molecule has 0 saturated carbocycles. The average molecular weight is 359 g/mol. The molecule has 0 aliphatic heterocycles. The first-order valence-corrected chi connectivity index (χ1v) is 8.27. The van der Waals surface area contributed by atoms with Crippen LogP contribution in [0.3, 0.4) is 0 Å². The van der Waals surface area contributed by atoms with Gasteiger partial charge >= 0.3 is 5.97 Å². The van der Waals surface area contributed by atoms with Gasteiger partial charge < -0.3 is 14.7 Å². The smallest absolute Gasteiger partial charge is 0.323 e. The molecule has 0 aliphatic rings. The fourth-order valence-corrected chi connectivity index (χ4v) is 2.65. The van der Waals surface area contributed by atoms with Crippen molar-refractivity contribution in [3.8, 4) is 5.75 Å². The summed E-state index contributed by atoms with van der Waals surface area (Å²) in [6, 6.07) is 13.1. The number of carbonyl (C=O) groups excluding carboxylic acids is 1. The maximum Gasteiger partial charge on any atom is 0.323 e. The first kappa shape index (κ1) is 19.4. The largest absolute Gasteiger partial charge is 0.497 e. The van der Waals surface area contributed by atoms with Gasteiger partial charge in [-0.2, -0.15) is 0 Å². The second-order valence-corrected chi connectivity index (χ2v) is 6.15. The predicted molar refractivity (Wildman–Crippen MR) is 95.5 cm³/mol. The SMILES string of the molecule is COc1ccc(C(C)CC(=O)N(CC(=O)O)Cc2ccc(F)cc2)cc1. The third-order valence-electron chi connectivity index (χ3n) is 4.13. The van der Waals surface area contributed by atoms with Gasteiger partial charge in [-0.05, 0) is 41.3 Å². The van der Waals surface area contributed by atoms with Crippen LogP contribution in [-0.4, -0.2) is 35.5 Å². The molecule has 0 aromatic heterocycles. The van der Waals surface area contributed by atoms with E-state index in [1.807, 2.05) is 31.2 Å². The van der Waals surface area contributed by atoms with Crippen LogP contribution in [0.5, 0.6) is 5.75 Å². The molecule has 5 nitrogen and oxygen atoms in total. The molecule has 0 bridgehead atoms. The quantitative estimate of drug-likeness (QED) is 0.784. The molecule has 0 fully saturated rings. The molecule has 0 spiro atoms. The van der Waals surface area contributed by atoms with Crippen LogP contribution in [0, 0.1) is 5.82 Å². The fraction of sp³-hybridized carbons (Fsp3) is 0.300. The first-order valence-electron chi connectivity index (χ1n) is 8.27. The fourth-order valence-electron chi connectivity index (χ4n) is 2.65. The summed E-state index contributed by atoms with van der Waals surface area (Å²) < 4.78 is 18.1. The Morgan fingerprint density at radius 3 is 2.27 bits per heavy atom. The highest BCUT2D eigenvalue weighted by Crippen LogP contribution is 2.23. The number of carboxylic acids is 1. The molecule has 2 aromatic carbocycles. The molecule has 0 heterocycles. The number of hydrogen-bond acceptors (Lipinski definition) is 3. The maximum atomic E-state index is 13.0. The zero-order valence-corrected chi connectivity index (χ0v) is 14.8. The third kappa shape index (κ3) is 5.58. The Kier molecular flexibility index (Phi) is 6.72. The zero-order chi connectivity index (χ0) is 19.1. The van der Waals surface area contributed by atoms with Crippen molar-refractivity contribution in [3.63, 3.8) is 0 Å². The van der Waals surface area contributed by atoms with Gasteiger partial charge in [0.05, 0.1) is 7.11 Å². The zero-order valence-electron chi connectivity index (χ0n) is 14.8. The Morgan fingerprint density at radius 2 is 1.73 bits per heavy atom. The number of methoxy groups -OCH3 is 1. The van der Waals surface area contributed by atoms with E-state index in [-0.39, 0.29) is 30.6 Å². The van der Waals surface area contributed by atoms with Gasteiger partial charge in [0.1, 0.15) is 18.1 Å². The molecule has 6 heteroatoms. The lowest BCUT2D eigenvalue weighted by Crippen LogP contribution is -2.35. The lowest BCUT2D eigenvalue weighted by molar-refractivity contribution is -0.145. The topological polar surface area (TPSA) is 66.8 Å². The highest BCUT2D eigenvalue weighted by Gasteiger charge is 2.20. The van der Waals surface area contributed by atoms with Crippen LogP contribution in [-0.2, 0) is 16.1 Å². The van der Waals surface area contributed by atoms with Crippen molar-refractivity contribution in [1.29, 1.82) is 0 Å². The Hall–Kier alpha value is -2.89. The van der Waals surface area contributed by atoms with Gasteiger partial charge in [0, 0.05) is 13.0 Å². The standard InChI is InChI=1S/C20H22FNO4/c1-14(16-5-9-18(26-2)10-6-16)11-19(23)22(13-20(24)25)12-15-3-7-17(21)8-4-15/h3-10,14H,11-13H2,1-2H3,(H,24,25). The van der Waals surface area contributed by atoms with Crippen LogP contribution in [0.1, 0.15) is 30.4 Å². The van der Waals surface area contributed by atoms with E-state index >= 15 is 0 Å². The number of halogens is 1. The van der Waals surface area contributed by atoms with E-state index in [0.717, 1.165) is 11.3 Å². The van der Waals surface area contributed by atoms with Gasteiger partial charge in [0.25, 0.3) is 0 Å². The van der Waals surface area contributed by atoms with Gasteiger partial charge in [-0.25, -0.2) is 4.39 Å². The Labute approximate surface area is 152 Å². The van der Waals surface area contributed by atoms with Crippen molar-refractivity contribution >= 4 is 11.9 Å². The van der Waals surface area contributed by atoms with E-state index in [1.165, 1.54) is 17.0 Å². The van der Waals surface area contributed by atoms with Crippen molar-refractivity contribution in [3.05, 3.63) is 65.5 Å². The summed E-state index contributed by atoms with van der Waals surface area (Å²) in [6.07, 6.45) is 0.181. The summed E-state index contributed by atoms with van der Waals surface area (Å²) in [4.78, 5) is 25.0. The molecule has 2 aromatic rings. The van der Waals surface area contributed by atoms with Crippen LogP contribution in [0.4, 0.5) is 4.39 Å². The minimum absolute atomic E-state index is 0.0714. The molecule has 1 N–H and O–H groups in total. The summed E-state index contributed by atoms with van der Waals surface area (Å²) in [5.74, 6) is -1.07. The number of amides is 1. The molecule has 1 unspecified atom stereocenters. The van der Waals surface area contributed by atoms with Crippen molar-refractivity contribution in [1.82, 2.24) is 4.90 Å². The number of carboxylic acid groups (broad SMARTS) is 1. The minimum Gasteiger partial charge on any atom is -0.497 e. The second kappa shape index (κ2) is 8.99. The highest BCUT2D eigenvalue weighted by atomic mass is 19.1. The molecule has 2 rings (SSSR count). The monoisotopic (exact) mass is 359 g/mol. The van der Waals surface area contributed by atoms with Crippen molar-refractivity contribution in [2.24, 2.45) is 0 Å². The Morgan fingerprint density at radius 1 is 1.12 bits per heavy atom. The highest BCUT2D eigenvalue weighted by molar-refractivity contribution is 5.81. The van der Waals surface area contributed by atoms with Crippen LogP contribution in [0.2, 0.25) is 0 Å². The van der Waals surface area contributed by atoms with E-state index in [1.54, 1.807) is 19.2 Å². The molecular formula is C20H22FNO4. The first-order chi connectivity index (χ1) is 12.4. The van der Waals surface area contributed by atoms with Crippen LogP contribution in [0.15, 0.2) is 48.5 Å². The summed E-state index contributed by atoms with van der Waals surface area (Å²) in [7, 11) is 1.58. The van der Waals surface area contributed by atoms with Gasteiger partial charge in [-0.15, -0.1) is 0 Å². The Balaban J connectivity index is 2.06. The van der Waals surface area contributed by atoms with E-state index in [4.69, 9.17) is 9.84 Å². The summed E-state index contributed by atoms with van der Waals surface area (Å²) in [5, 5.41) is 9.10. The number of hydrogen-bond donors (Lipinski definition) is 1. The number of carbonyl (C=O) groups is 2. The van der Waals surface area contributed by atoms with Gasteiger partial charge in [0.2, 0.25) is 5.91 Å². The minimum atomic E-state index is -1.09. The van der Waals surface area contributed by atoms with E-state index in [9.17, 15) is 14.0 Å². The van der Waals surface area contributed by atoms with Crippen LogP contribution >= 0.6 is 0 Å².